The summed E-state index contributed by atoms with van der Waals surface area (Å²) in [6.45, 7) is 2.82. The lowest BCUT2D eigenvalue weighted by molar-refractivity contribution is 0.309. The van der Waals surface area contributed by atoms with E-state index < -0.39 is 0 Å². The molecule has 0 spiro atoms. The number of hydrogen-bond acceptors (Lipinski definition) is 4. The van der Waals surface area contributed by atoms with Gasteiger partial charge in [0, 0.05) is 12.3 Å². The molecule has 0 bridgehead atoms. The van der Waals surface area contributed by atoms with Gasteiger partial charge in [0.25, 0.3) is 0 Å². The van der Waals surface area contributed by atoms with Crippen LogP contribution in [0.1, 0.15) is 25.5 Å². The maximum atomic E-state index is 8.31. The number of rotatable bonds is 5. The quantitative estimate of drug-likeness (QED) is 0.338. The highest BCUT2D eigenvalue weighted by atomic mass is 16.5. The predicted molar refractivity (Wildman–Crippen MR) is 54.0 cm³/mol. The fraction of sp³-hybridized carbons (Fsp3) is 0.400. The van der Waals surface area contributed by atoms with Crippen LogP contribution >= 0.6 is 0 Å². The van der Waals surface area contributed by atoms with Crippen LogP contribution in [0.25, 0.3) is 0 Å². The van der Waals surface area contributed by atoms with Crippen LogP contribution in [-0.4, -0.2) is 23.0 Å². The molecular formula is C10H14N2O2. The molecule has 0 aliphatic rings. The molecule has 0 aliphatic carbocycles. The molecule has 0 radical (unpaired) electrons. The highest BCUT2D eigenvalue weighted by Gasteiger charge is 1.95. The highest BCUT2D eigenvalue weighted by molar-refractivity contribution is 5.76. The first-order chi connectivity index (χ1) is 6.86. The molecule has 4 heteroatoms. The zero-order valence-corrected chi connectivity index (χ0v) is 8.18. The maximum absolute atomic E-state index is 8.31. The first-order valence-corrected chi connectivity index (χ1v) is 4.63. The molecule has 0 atom stereocenters. The van der Waals surface area contributed by atoms with Gasteiger partial charge in [-0.3, -0.25) is 4.98 Å². The second-order valence-corrected chi connectivity index (χ2v) is 2.86. The molecular weight excluding hydrogens is 180 g/mol. The number of unbranched alkanes of at least 4 members (excludes halogenated alkanes) is 1. The van der Waals surface area contributed by atoms with Crippen molar-refractivity contribution in [1.29, 1.82) is 0 Å². The normalized spacial score (nSPS) is 10.6. The first kappa shape index (κ1) is 10.5. The van der Waals surface area contributed by atoms with Crippen LogP contribution in [0.5, 0.6) is 5.75 Å². The Hall–Kier alpha value is -1.58. The number of ether oxygens (including phenoxy) is 1. The van der Waals surface area contributed by atoms with E-state index in [1.54, 1.807) is 18.3 Å². The van der Waals surface area contributed by atoms with Crippen LogP contribution in [0.15, 0.2) is 23.5 Å². The molecule has 0 aromatic carbocycles. The number of oxime groups is 1. The SMILES string of the molecule is CCCCOc1ccnc(C=NO)c1. The second kappa shape index (κ2) is 5.96. The van der Waals surface area contributed by atoms with E-state index >= 15 is 0 Å². The van der Waals surface area contributed by atoms with Gasteiger partial charge in [-0.1, -0.05) is 18.5 Å². The zero-order chi connectivity index (χ0) is 10.2. The van der Waals surface area contributed by atoms with Crippen LogP contribution in [-0.2, 0) is 0 Å². The number of nitrogens with zero attached hydrogens (tertiary/aromatic N) is 2. The van der Waals surface area contributed by atoms with Crippen molar-refractivity contribution in [3.05, 3.63) is 24.0 Å². The van der Waals surface area contributed by atoms with Gasteiger partial charge in [-0.15, -0.1) is 0 Å². The van der Waals surface area contributed by atoms with E-state index in [-0.39, 0.29) is 0 Å². The molecule has 0 saturated heterocycles. The molecule has 1 aromatic rings. The third kappa shape index (κ3) is 3.43. The number of hydrogen-bond donors (Lipinski definition) is 1. The fourth-order valence-electron chi connectivity index (χ4n) is 0.982. The minimum atomic E-state index is 0.585. The van der Waals surface area contributed by atoms with Crippen LogP contribution in [0.3, 0.4) is 0 Å². The largest absolute Gasteiger partial charge is 0.493 e. The number of pyridine rings is 1. The van der Waals surface area contributed by atoms with E-state index in [0.29, 0.717) is 12.3 Å². The van der Waals surface area contributed by atoms with Crippen LogP contribution < -0.4 is 4.74 Å². The van der Waals surface area contributed by atoms with E-state index in [4.69, 9.17) is 9.94 Å². The molecule has 0 amide bonds. The lowest BCUT2D eigenvalue weighted by atomic mass is 10.3. The lowest BCUT2D eigenvalue weighted by Crippen LogP contribution is -1.97. The van der Waals surface area contributed by atoms with Gasteiger partial charge in [0.15, 0.2) is 0 Å². The standard InChI is InChI=1S/C10H14N2O2/c1-2-3-6-14-10-4-5-11-9(7-10)8-12-13/h4-5,7-8,13H,2-3,6H2,1H3. The molecule has 1 N–H and O–H groups in total. The van der Waals surface area contributed by atoms with Gasteiger partial charge in [-0.25, -0.2) is 0 Å². The average Bonchev–Trinajstić information content (AvgIpc) is 2.19. The minimum absolute atomic E-state index is 0.585. The lowest BCUT2D eigenvalue weighted by Gasteiger charge is -2.04. The summed E-state index contributed by atoms with van der Waals surface area (Å²) < 4.78 is 5.45. The summed E-state index contributed by atoms with van der Waals surface area (Å²) in [5.74, 6) is 0.753. The molecule has 0 fully saturated rings. The van der Waals surface area contributed by atoms with Gasteiger partial charge in [0.1, 0.15) is 5.75 Å². The van der Waals surface area contributed by atoms with E-state index in [1.807, 2.05) is 0 Å². The Balaban J connectivity index is 2.54. The highest BCUT2D eigenvalue weighted by Crippen LogP contribution is 2.10. The third-order valence-electron chi connectivity index (χ3n) is 1.71. The van der Waals surface area contributed by atoms with Crippen molar-refractivity contribution in [3.63, 3.8) is 0 Å². The topological polar surface area (TPSA) is 54.7 Å². The Labute approximate surface area is 83.2 Å². The van der Waals surface area contributed by atoms with Crippen molar-refractivity contribution in [2.75, 3.05) is 6.61 Å². The van der Waals surface area contributed by atoms with Crippen LogP contribution in [0, 0.1) is 0 Å². The van der Waals surface area contributed by atoms with Gasteiger partial charge in [0.05, 0.1) is 18.5 Å². The van der Waals surface area contributed by atoms with Crippen LogP contribution in [0.4, 0.5) is 0 Å². The summed E-state index contributed by atoms with van der Waals surface area (Å²) in [7, 11) is 0. The van der Waals surface area contributed by atoms with Crippen molar-refractivity contribution in [2.24, 2.45) is 5.16 Å². The molecule has 76 valence electrons. The van der Waals surface area contributed by atoms with Crippen molar-refractivity contribution < 1.29 is 9.94 Å². The van der Waals surface area contributed by atoms with E-state index in [1.165, 1.54) is 6.21 Å². The predicted octanol–water partition coefficient (Wildman–Crippen LogP) is 2.07. The van der Waals surface area contributed by atoms with Crippen molar-refractivity contribution in [3.8, 4) is 5.75 Å². The van der Waals surface area contributed by atoms with E-state index in [2.05, 4.69) is 17.1 Å². The van der Waals surface area contributed by atoms with Gasteiger partial charge >= 0.3 is 0 Å². The van der Waals surface area contributed by atoms with Crippen LogP contribution in [0.2, 0.25) is 0 Å². The summed E-state index contributed by atoms with van der Waals surface area (Å²) in [6, 6.07) is 3.51. The molecule has 14 heavy (non-hydrogen) atoms. The van der Waals surface area contributed by atoms with Gasteiger partial charge in [0.2, 0.25) is 0 Å². The second-order valence-electron chi connectivity index (χ2n) is 2.86. The Morgan fingerprint density at radius 3 is 3.21 bits per heavy atom. The molecule has 0 aliphatic heterocycles. The minimum Gasteiger partial charge on any atom is -0.493 e. The molecule has 1 aromatic heterocycles. The Morgan fingerprint density at radius 2 is 2.50 bits per heavy atom. The molecule has 0 unspecified atom stereocenters. The van der Waals surface area contributed by atoms with Crippen molar-refractivity contribution in [1.82, 2.24) is 4.98 Å². The number of aromatic nitrogens is 1. The van der Waals surface area contributed by atoms with Crippen molar-refractivity contribution >= 4 is 6.21 Å². The summed E-state index contributed by atoms with van der Waals surface area (Å²) in [5, 5.41) is 11.2. The third-order valence-corrected chi connectivity index (χ3v) is 1.71. The van der Waals surface area contributed by atoms with Gasteiger partial charge in [-0.05, 0) is 12.5 Å². The molecule has 4 nitrogen and oxygen atoms in total. The fourth-order valence-corrected chi connectivity index (χ4v) is 0.982. The monoisotopic (exact) mass is 194 g/mol. The smallest absolute Gasteiger partial charge is 0.123 e. The summed E-state index contributed by atoms with van der Waals surface area (Å²) in [6.07, 6.45) is 5.03. The molecule has 1 rings (SSSR count). The first-order valence-electron chi connectivity index (χ1n) is 4.63. The maximum Gasteiger partial charge on any atom is 0.123 e. The Bertz CT molecular complexity index is 300. The summed E-state index contributed by atoms with van der Waals surface area (Å²) >= 11 is 0. The van der Waals surface area contributed by atoms with E-state index in [9.17, 15) is 0 Å². The van der Waals surface area contributed by atoms with Gasteiger partial charge in [-0.2, -0.15) is 0 Å². The average molecular weight is 194 g/mol. The molecule has 0 saturated carbocycles. The summed E-state index contributed by atoms with van der Waals surface area (Å²) in [4.78, 5) is 3.97. The van der Waals surface area contributed by atoms with Crippen molar-refractivity contribution in [2.45, 2.75) is 19.8 Å². The summed E-state index contributed by atoms with van der Waals surface area (Å²) in [5.41, 5.74) is 0.585. The zero-order valence-electron chi connectivity index (χ0n) is 8.18. The van der Waals surface area contributed by atoms with E-state index in [0.717, 1.165) is 18.6 Å². The van der Waals surface area contributed by atoms with Gasteiger partial charge < -0.3 is 9.94 Å². The Morgan fingerprint density at radius 1 is 1.64 bits per heavy atom. The molecule has 1 heterocycles. The Kier molecular flexibility index (Phi) is 4.47.